The summed E-state index contributed by atoms with van der Waals surface area (Å²) in [6.07, 6.45) is 0. The lowest BCUT2D eigenvalue weighted by molar-refractivity contribution is 1.13. The van der Waals surface area contributed by atoms with E-state index in [-0.39, 0.29) is 0 Å². The monoisotopic (exact) mass is 702 g/mol. The zero-order valence-electron chi connectivity index (χ0n) is 27.1. The molecule has 0 radical (unpaired) electrons. The van der Waals surface area contributed by atoms with E-state index in [1.54, 1.807) is 0 Å². The Morgan fingerprint density at radius 1 is 0.373 bits per heavy atom. The molecule has 1 aliphatic rings. The predicted octanol–water partition coefficient (Wildman–Crippen LogP) is 13.9. The molecule has 0 saturated heterocycles. The Morgan fingerprint density at radius 3 is 1.69 bits per heavy atom. The third kappa shape index (κ3) is 4.66. The zero-order valence-corrected chi connectivity index (χ0v) is 29.6. The first-order chi connectivity index (χ1) is 25.3. The molecule has 10 aromatic rings. The molecule has 0 atom stereocenters. The Kier molecular flexibility index (Phi) is 6.63. The fourth-order valence-electron chi connectivity index (χ4n) is 7.60. The highest BCUT2D eigenvalue weighted by atomic mass is 32.2. The van der Waals surface area contributed by atoms with Crippen LogP contribution < -0.4 is 0 Å². The normalized spacial score (nSPS) is 12.5. The molecule has 8 aromatic carbocycles. The van der Waals surface area contributed by atoms with E-state index in [2.05, 4.69) is 158 Å². The Morgan fingerprint density at radius 2 is 0.922 bits per heavy atom. The second-order valence-corrected chi connectivity index (χ2v) is 16.1. The molecule has 2 aromatic heterocycles. The fraction of sp³-hybridized carbons (Fsp3) is 0. The summed E-state index contributed by atoms with van der Waals surface area (Å²) in [6, 6.07) is 57.0. The predicted molar refractivity (Wildman–Crippen MR) is 218 cm³/mol. The van der Waals surface area contributed by atoms with Crippen molar-refractivity contribution in [3.63, 3.8) is 0 Å². The van der Waals surface area contributed by atoms with Gasteiger partial charge in [0.1, 0.15) is 0 Å². The lowest BCUT2D eigenvalue weighted by Gasteiger charge is -2.21. The molecule has 2 nitrogen and oxygen atoms in total. The van der Waals surface area contributed by atoms with Crippen LogP contribution in [0.3, 0.4) is 0 Å². The van der Waals surface area contributed by atoms with E-state index in [9.17, 15) is 0 Å². The SMILES string of the molecule is c1ccc2c(c1)Sc1cccc(-c3cc(-c4cccc5c4sc4ccccc45)nc(-c4ccc5c6ccccc6c6ccccc6c5c4)n3)c1S2. The quantitative estimate of drug-likeness (QED) is 0.171. The van der Waals surface area contributed by atoms with Gasteiger partial charge in [0.15, 0.2) is 5.82 Å². The van der Waals surface area contributed by atoms with Crippen molar-refractivity contribution < 1.29 is 0 Å². The average Bonchev–Trinajstić information content (AvgIpc) is 3.58. The average molecular weight is 703 g/mol. The van der Waals surface area contributed by atoms with Crippen LogP contribution >= 0.6 is 34.9 Å². The minimum Gasteiger partial charge on any atom is -0.228 e. The molecule has 0 bridgehead atoms. The van der Waals surface area contributed by atoms with Crippen LogP contribution in [0.25, 0.3) is 86.4 Å². The molecule has 238 valence electrons. The van der Waals surface area contributed by atoms with E-state index in [0.717, 1.165) is 33.9 Å². The van der Waals surface area contributed by atoms with Gasteiger partial charge in [-0.15, -0.1) is 11.3 Å². The first-order valence-corrected chi connectivity index (χ1v) is 19.4. The van der Waals surface area contributed by atoms with Crippen LogP contribution in [0.2, 0.25) is 0 Å². The summed E-state index contributed by atoms with van der Waals surface area (Å²) in [5.74, 6) is 0.728. The maximum absolute atomic E-state index is 5.41. The zero-order chi connectivity index (χ0) is 33.5. The lowest BCUT2D eigenvalue weighted by atomic mass is 9.93. The van der Waals surface area contributed by atoms with E-state index in [0.29, 0.717) is 0 Å². The number of hydrogen-bond acceptors (Lipinski definition) is 5. The molecule has 0 fully saturated rings. The van der Waals surface area contributed by atoms with Crippen molar-refractivity contribution in [2.45, 2.75) is 19.6 Å². The van der Waals surface area contributed by atoms with Gasteiger partial charge in [-0.05, 0) is 68.7 Å². The lowest BCUT2D eigenvalue weighted by Crippen LogP contribution is -1.98. The summed E-state index contributed by atoms with van der Waals surface area (Å²) in [4.78, 5) is 15.9. The van der Waals surface area contributed by atoms with Gasteiger partial charge in [0.05, 0.1) is 11.4 Å². The fourth-order valence-corrected chi connectivity index (χ4v) is 11.2. The molecule has 0 saturated carbocycles. The van der Waals surface area contributed by atoms with Crippen molar-refractivity contribution in [3.05, 3.63) is 158 Å². The molecule has 0 N–H and O–H groups in total. The van der Waals surface area contributed by atoms with Crippen LogP contribution in [-0.2, 0) is 0 Å². The smallest absolute Gasteiger partial charge is 0.160 e. The highest BCUT2D eigenvalue weighted by Gasteiger charge is 2.23. The van der Waals surface area contributed by atoms with Gasteiger partial charge in [0.25, 0.3) is 0 Å². The number of fused-ring (bicyclic) bond motifs is 11. The first-order valence-electron chi connectivity index (χ1n) is 17.0. The molecular weight excluding hydrogens is 677 g/mol. The van der Waals surface area contributed by atoms with Crippen LogP contribution in [0.5, 0.6) is 0 Å². The van der Waals surface area contributed by atoms with Crippen LogP contribution in [0.15, 0.2) is 177 Å². The third-order valence-electron chi connectivity index (χ3n) is 9.94. The second-order valence-electron chi connectivity index (χ2n) is 12.9. The van der Waals surface area contributed by atoms with E-state index in [4.69, 9.17) is 9.97 Å². The van der Waals surface area contributed by atoms with Crippen molar-refractivity contribution in [2.75, 3.05) is 0 Å². The summed E-state index contributed by atoms with van der Waals surface area (Å²) >= 11 is 5.51. The van der Waals surface area contributed by atoms with Crippen molar-refractivity contribution >= 4 is 87.4 Å². The van der Waals surface area contributed by atoms with E-state index >= 15 is 0 Å². The van der Waals surface area contributed by atoms with Crippen LogP contribution in [0.1, 0.15) is 0 Å². The number of benzene rings is 8. The molecule has 0 spiro atoms. The van der Waals surface area contributed by atoms with Gasteiger partial charge in [0.2, 0.25) is 0 Å². The molecule has 51 heavy (non-hydrogen) atoms. The van der Waals surface area contributed by atoms with Crippen molar-refractivity contribution in [3.8, 4) is 33.9 Å². The summed E-state index contributed by atoms with van der Waals surface area (Å²) in [7, 11) is 0. The van der Waals surface area contributed by atoms with Gasteiger partial charge in [-0.3, -0.25) is 0 Å². The number of thiophene rings is 1. The topological polar surface area (TPSA) is 25.8 Å². The summed E-state index contributed by atoms with van der Waals surface area (Å²) in [6.45, 7) is 0. The van der Waals surface area contributed by atoms with Gasteiger partial charge in [-0.1, -0.05) is 145 Å². The molecule has 0 amide bonds. The minimum absolute atomic E-state index is 0.728. The van der Waals surface area contributed by atoms with Gasteiger partial charge in [-0.2, -0.15) is 0 Å². The maximum Gasteiger partial charge on any atom is 0.160 e. The molecule has 1 aliphatic heterocycles. The summed E-state index contributed by atoms with van der Waals surface area (Å²) in [5.41, 5.74) is 5.13. The highest BCUT2D eigenvalue weighted by molar-refractivity contribution is 8.05. The number of aromatic nitrogens is 2. The first kappa shape index (κ1) is 29.3. The number of hydrogen-bond donors (Lipinski definition) is 0. The molecular formula is C46H26N2S3. The Labute approximate surface area is 306 Å². The van der Waals surface area contributed by atoms with E-state index in [1.165, 1.54) is 72.1 Å². The van der Waals surface area contributed by atoms with Crippen molar-refractivity contribution in [1.29, 1.82) is 0 Å². The molecule has 0 aliphatic carbocycles. The largest absolute Gasteiger partial charge is 0.228 e. The molecule has 11 rings (SSSR count). The Bertz CT molecular complexity index is 3020. The summed E-state index contributed by atoms with van der Waals surface area (Å²) < 4.78 is 2.53. The molecule has 0 unspecified atom stereocenters. The highest BCUT2D eigenvalue weighted by Crippen LogP contribution is 2.52. The number of rotatable bonds is 3. The van der Waals surface area contributed by atoms with Gasteiger partial charge >= 0.3 is 0 Å². The molecule has 5 heteroatoms. The minimum atomic E-state index is 0.728. The van der Waals surface area contributed by atoms with Crippen LogP contribution in [0, 0.1) is 0 Å². The molecule has 3 heterocycles. The van der Waals surface area contributed by atoms with Crippen LogP contribution in [0.4, 0.5) is 0 Å². The number of nitrogens with zero attached hydrogens (tertiary/aromatic N) is 2. The van der Waals surface area contributed by atoms with Gasteiger partial charge < -0.3 is 0 Å². The Balaban J connectivity index is 1.18. The second kappa shape index (κ2) is 11.5. The van der Waals surface area contributed by atoms with E-state index < -0.39 is 0 Å². The Hall–Kier alpha value is -5.46. The maximum atomic E-state index is 5.41. The standard InChI is InChI=1S/C46H26N2S3/c1-2-13-30-28(11-1)29-12-3-4-14-31(29)37-25-27(23-24-32(30)37)46-47-38(35-17-9-16-34-33-15-5-6-19-40(33)50-44(34)35)26-39(48-46)36-18-10-22-43-45(36)51-42-21-8-7-20-41(42)49-43/h1-26H. The van der Waals surface area contributed by atoms with Crippen molar-refractivity contribution in [2.24, 2.45) is 0 Å². The van der Waals surface area contributed by atoms with Gasteiger partial charge in [0, 0.05) is 56.4 Å². The summed E-state index contributed by atoms with van der Waals surface area (Å²) in [5, 5.41) is 10.0. The van der Waals surface area contributed by atoms with Gasteiger partial charge in [-0.25, -0.2) is 9.97 Å². The van der Waals surface area contributed by atoms with Crippen LogP contribution in [-0.4, -0.2) is 9.97 Å². The third-order valence-corrected chi connectivity index (χ3v) is 13.8. The van der Waals surface area contributed by atoms with E-state index in [1.807, 2.05) is 34.9 Å². The van der Waals surface area contributed by atoms with Crippen molar-refractivity contribution in [1.82, 2.24) is 9.97 Å².